The number of nitrogens with one attached hydrogen (secondary N) is 1. The lowest BCUT2D eigenvalue weighted by atomic mass is 9.79. The quantitative estimate of drug-likeness (QED) is 0.803. The van der Waals surface area contributed by atoms with Crippen molar-refractivity contribution in [1.29, 1.82) is 0 Å². The number of hydrogen-bond donors (Lipinski definition) is 1. The number of fused-ring (bicyclic) bond motifs is 1. The fraction of sp³-hybridized carbons (Fsp3) is 0.857. The number of carbonyl (C=O) groups excluding carboxylic acids is 2. The molecule has 5 nitrogen and oxygen atoms in total. The molecule has 3 rings (SSSR count). The zero-order valence-corrected chi connectivity index (χ0v) is 11.7. The van der Waals surface area contributed by atoms with Gasteiger partial charge in [0.25, 0.3) is 5.91 Å². The van der Waals surface area contributed by atoms with Crippen LogP contribution in [0.2, 0.25) is 0 Å². The first-order chi connectivity index (χ1) is 9.55. The van der Waals surface area contributed by atoms with Gasteiger partial charge in [0, 0.05) is 38.6 Å². The van der Waals surface area contributed by atoms with Gasteiger partial charge in [-0.15, -0.1) is 0 Å². The van der Waals surface area contributed by atoms with Crippen LogP contribution < -0.4 is 5.32 Å². The summed E-state index contributed by atoms with van der Waals surface area (Å²) in [6, 6.07) is 0. The molecule has 20 heavy (non-hydrogen) atoms. The molecule has 1 saturated carbocycles. The van der Waals surface area contributed by atoms with Crippen molar-refractivity contribution in [1.82, 2.24) is 10.2 Å². The molecule has 3 fully saturated rings. The van der Waals surface area contributed by atoms with Crippen LogP contribution in [0.15, 0.2) is 0 Å². The molecule has 0 aromatic carbocycles. The lowest BCUT2D eigenvalue weighted by molar-refractivity contribution is -0.154. The summed E-state index contributed by atoms with van der Waals surface area (Å²) in [5, 5.41) is 2.68. The molecule has 2 amide bonds. The summed E-state index contributed by atoms with van der Waals surface area (Å²) in [6.07, 6.45) is 2.06. The summed E-state index contributed by atoms with van der Waals surface area (Å²) in [7, 11) is 1.62. The van der Waals surface area contributed by atoms with Gasteiger partial charge in [0.2, 0.25) is 5.91 Å². The Morgan fingerprint density at radius 1 is 1.35 bits per heavy atom. The van der Waals surface area contributed by atoms with E-state index in [1.54, 1.807) is 11.9 Å². The predicted molar refractivity (Wildman–Crippen MR) is 69.7 cm³/mol. The van der Waals surface area contributed by atoms with E-state index in [4.69, 9.17) is 4.74 Å². The zero-order valence-electron chi connectivity index (χ0n) is 11.7. The number of amides is 2. The highest BCUT2D eigenvalue weighted by Gasteiger charge is 2.54. The normalized spacial score (nSPS) is 35.1. The Morgan fingerprint density at radius 2 is 2.10 bits per heavy atom. The number of likely N-dealkylation sites (tertiary alicyclic amines) is 1. The molecule has 2 aliphatic heterocycles. The first-order valence-electron chi connectivity index (χ1n) is 7.36. The molecule has 112 valence electrons. The Balaban J connectivity index is 1.71. The van der Waals surface area contributed by atoms with Crippen LogP contribution in [0.1, 0.15) is 25.7 Å². The largest absolute Gasteiger partial charge is 0.378 e. The van der Waals surface area contributed by atoms with Crippen LogP contribution in [0.5, 0.6) is 0 Å². The molecule has 2 saturated heterocycles. The Labute approximate surface area is 117 Å². The number of alkyl halides is 1. The van der Waals surface area contributed by atoms with Gasteiger partial charge in [-0.1, -0.05) is 0 Å². The molecule has 3 aliphatic rings. The van der Waals surface area contributed by atoms with Crippen LogP contribution in [-0.2, 0) is 14.3 Å². The maximum Gasteiger partial charge on any atom is 0.260 e. The van der Waals surface area contributed by atoms with Crippen molar-refractivity contribution in [2.24, 2.45) is 11.8 Å². The van der Waals surface area contributed by atoms with E-state index < -0.39 is 11.6 Å². The van der Waals surface area contributed by atoms with Crippen molar-refractivity contribution < 1.29 is 18.7 Å². The third-order valence-electron chi connectivity index (χ3n) is 4.81. The van der Waals surface area contributed by atoms with Gasteiger partial charge < -0.3 is 15.0 Å². The van der Waals surface area contributed by atoms with Crippen LogP contribution >= 0.6 is 0 Å². The van der Waals surface area contributed by atoms with E-state index in [9.17, 15) is 14.0 Å². The van der Waals surface area contributed by atoms with Crippen LogP contribution in [0.4, 0.5) is 4.39 Å². The average molecular weight is 284 g/mol. The number of halogens is 1. The molecule has 0 aromatic rings. The second-order valence-corrected chi connectivity index (χ2v) is 6.09. The first kappa shape index (κ1) is 13.8. The number of carbonyl (C=O) groups is 2. The van der Waals surface area contributed by atoms with Gasteiger partial charge in [-0.05, 0) is 25.7 Å². The topological polar surface area (TPSA) is 58.6 Å². The average Bonchev–Trinajstić information content (AvgIpc) is 3.23. The molecule has 0 radical (unpaired) electrons. The van der Waals surface area contributed by atoms with E-state index >= 15 is 0 Å². The molecule has 6 heteroatoms. The van der Waals surface area contributed by atoms with E-state index in [0.717, 1.165) is 0 Å². The van der Waals surface area contributed by atoms with Crippen molar-refractivity contribution >= 4 is 11.8 Å². The SMILES string of the molecule is CNC(=O)[C@@H]1CCO[C@@H]2CCN(C(=O)C3(F)CC3)C[C@@H]21. The van der Waals surface area contributed by atoms with Crippen LogP contribution in [0.25, 0.3) is 0 Å². The minimum Gasteiger partial charge on any atom is -0.378 e. The molecule has 1 N–H and O–H groups in total. The highest BCUT2D eigenvalue weighted by Crippen LogP contribution is 2.43. The summed E-state index contributed by atoms with van der Waals surface area (Å²) in [5.74, 6) is -0.538. The standard InChI is InChI=1S/C14H21FN2O3/c1-16-12(18)9-3-7-20-11-2-6-17(8-10(9)11)13(19)14(15)4-5-14/h9-11H,2-8H2,1H3,(H,16,18)/t9-,10-,11-/m1/s1. The van der Waals surface area contributed by atoms with Gasteiger partial charge in [-0.3, -0.25) is 9.59 Å². The van der Waals surface area contributed by atoms with Crippen molar-refractivity contribution in [3.63, 3.8) is 0 Å². The van der Waals surface area contributed by atoms with Gasteiger partial charge >= 0.3 is 0 Å². The molecule has 1 aliphatic carbocycles. The fourth-order valence-electron chi connectivity index (χ4n) is 3.42. The van der Waals surface area contributed by atoms with Gasteiger partial charge in [0.15, 0.2) is 5.67 Å². The molecule has 3 atom stereocenters. The Hall–Kier alpha value is -1.17. The second kappa shape index (κ2) is 4.98. The number of rotatable bonds is 2. The minimum absolute atomic E-state index is 0.000942. The van der Waals surface area contributed by atoms with Gasteiger partial charge in [-0.2, -0.15) is 0 Å². The number of nitrogens with zero attached hydrogens (tertiary/aromatic N) is 1. The van der Waals surface area contributed by atoms with E-state index in [1.165, 1.54) is 0 Å². The van der Waals surface area contributed by atoms with Crippen molar-refractivity contribution in [3.8, 4) is 0 Å². The Bertz CT molecular complexity index is 425. The number of ether oxygens (including phenoxy) is 1. The van der Waals surface area contributed by atoms with Gasteiger partial charge in [-0.25, -0.2) is 4.39 Å². The molecule has 0 aromatic heterocycles. The lowest BCUT2D eigenvalue weighted by Gasteiger charge is -2.44. The first-order valence-corrected chi connectivity index (χ1v) is 7.36. The monoisotopic (exact) mass is 284 g/mol. The third kappa shape index (κ3) is 2.30. The van der Waals surface area contributed by atoms with Crippen molar-refractivity contribution in [3.05, 3.63) is 0 Å². The summed E-state index contributed by atoms with van der Waals surface area (Å²) >= 11 is 0. The maximum atomic E-state index is 13.9. The Morgan fingerprint density at radius 3 is 2.75 bits per heavy atom. The summed E-state index contributed by atoms with van der Waals surface area (Å²) in [6.45, 7) is 1.56. The molecular formula is C14H21FN2O3. The number of hydrogen-bond acceptors (Lipinski definition) is 3. The van der Waals surface area contributed by atoms with Crippen LogP contribution in [0, 0.1) is 11.8 Å². The van der Waals surface area contributed by atoms with Gasteiger partial charge in [0.1, 0.15) is 0 Å². The second-order valence-electron chi connectivity index (χ2n) is 6.09. The lowest BCUT2D eigenvalue weighted by Crippen LogP contribution is -2.55. The Kier molecular flexibility index (Phi) is 3.44. The van der Waals surface area contributed by atoms with E-state index in [1.807, 2.05) is 0 Å². The van der Waals surface area contributed by atoms with E-state index in [2.05, 4.69) is 5.32 Å². The summed E-state index contributed by atoms with van der Waals surface area (Å²) < 4.78 is 19.6. The van der Waals surface area contributed by atoms with Gasteiger partial charge in [0.05, 0.1) is 6.10 Å². The molecule has 0 unspecified atom stereocenters. The highest BCUT2D eigenvalue weighted by atomic mass is 19.1. The van der Waals surface area contributed by atoms with Crippen molar-refractivity contribution in [2.75, 3.05) is 26.7 Å². The van der Waals surface area contributed by atoms with E-state index in [0.29, 0.717) is 45.4 Å². The highest BCUT2D eigenvalue weighted by molar-refractivity contribution is 5.88. The molecular weight excluding hydrogens is 263 g/mol. The molecule has 0 bridgehead atoms. The smallest absolute Gasteiger partial charge is 0.260 e. The maximum absolute atomic E-state index is 13.9. The third-order valence-corrected chi connectivity index (χ3v) is 4.81. The van der Waals surface area contributed by atoms with Crippen LogP contribution in [0.3, 0.4) is 0 Å². The predicted octanol–water partition coefficient (Wildman–Crippen LogP) is 0.488. The molecule has 2 heterocycles. The summed E-state index contributed by atoms with van der Waals surface area (Å²) in [4.78, 5) is 25.7. The summed E-state index contributed by atoms with van der Waals surface area (Å²) in [5.41, 5.74) is -1.62. The molecule has 0 spiro atoms. The van der Waals surface area contributed by atoms with E-state index in [-0.39, 0.29) is 23.8 Å². The van der Waals surface area contributed by atoms with Crippen molar-refractivity contribution in [2.45, 2.75) is 37.5 Å². The minimum atomic E-state index is -1.62. The zero-order chi connectivity index (χ0) is 14.3. The fourth-order valence-corrected chi connectivity index (χ4v) is 3.42. The van der Waals surface area contributed by atoms with Crippen LogP contribution in [-0.4, -0.2) is 55.2 Å². The number of piperidine rings is 1.